The van der Waals surface area contributed by atoms with Crippen LogP contribution in [-0.4, -0.2) is 10.2 Å². The van der Waals surface area contributed by atoms with Crippen molar-refractivity contribution >= 4 is 15.9 Å². The molecule has 3 nitrogen and oxygen atoms in total. The quantitative estimate of drug-likeness (QED) is 0.841. The van der Waals surface area contributed by atoms with E-state index in [0.29, 0.717) is 22.3 Å². The van der Waals surface area contributed by atoms with Gasteiger partial charge >= 0.3 is 0 Å². The average molecular weight is 271 g/mol. The number of nitrogens with zero attached hydrogens (tertiary/aromatic N) is 2. The molecule has 1 aromatic heterocycles. The summed E-state index contributed by atoms with van der Waals surface area (Å²) in [6, 6.07) is 4.70. The Morgan fingerprint density at radius 3 is 2.80 bits per heavy atom. The molecule has 1 heterocycles. The van der Waals surface area contributed by atoms with Crippen LogP contribution in [0.15, 0.2) is 27.1 Å². The number of rotatable bonds is 2. The summed E-state index contributed by atoms with van der Waals surface area (Å²) in [5, 5.41) is 7.56. The molecule has 2 rings (SSSR count). The van der Waals surface area contributed by atoms with Gasteiger partial charge in [0.25, 0.3) is 5.89 Å². The summed E-state index contributed by atoms with van der Waals surface area (Å²) in [5.74, 6) is 0.347. The first-order valence-electron chi connectivity index (χ1n) is 4.48. The predicted molar refractivity (Wildman–Crippen MR) is 56.8 cm³/mol. The molecule has 0 saturated heterocycles. The van der Waals surface area contributed by atoms with Crippen molar-refractivity contribution in [2.75, 3.05) is 0 Å². The van der Waals surface area contributed by atoms with E-state index in [1.165, 1.54) is 6.07 Å². The first kappa shape index (κ1) is 10.3. The molecule has 78 valence electrons. The van der Waals surface area contributed by atoms with Crippen LogP contribution in [0.3, 0.4) is 0 Å². The highest BCUT2D eigenvalue weighted by molar-refractivity contribution is 9.10. The molecule has 5 heteroatoms. The third-order valence-corrected chi connectivity index (χ3v) is 2.42. The van der Waals surface area contributed by atoms with Crippen molar-refractivity contribution in [3.05, 3.63) is 34.4 Å². The molecule has 1 aromatic carbocycles. The molecule has 0 aliphatic heterocycles. The van der Waals surface area contributed by atoms with Gasteiger partial charge in [-0.15, -0.1) is 10.2 Å². The van der Waals surface area contributed by atoms with Gasteiger partial charge < -0.3 is 4.42 Å². The zero-order valence-corrected chi connectivity index (χ0v) is 9.58. The maximum atomic E-state index is 13.5. The predicted octanol–water partition coefficient (Wildman–Crippen LogP) is 3.20. The van der Waals surface area contributed by atoms with Crippen LogP contribution >= 0.6 is 15.9 Å². The van der Waals surface area contributed by atoms with E-state index in [9.17, 15) is 4.39 Å². The molecule has 0 fully saturated rings. The number of halogens is 2. The van der Waals surface area contributed by atoms with Gasteiger partial charge in [0.1, 0.15) is 5.82 Å². The Kier molecular flexibility index (Phi) is 2.81. The van der Waals surface area contributed by atoms with Crippen LogP contribution in [-0.2, 0) is 6.42 Å². The Balaban J connectivity index is 2.44. The van der Waals surface area contributed by atoms with E-state index < -0.39 is 0 Å². The van der Waals surface area contributed by atoms with Crippen LogP contribution < -0.4 is 0 Å². The molecule has 15 heavy (non-hydrogen) atoms. The minimum absolute atomic E-state index is 0.219. The minimum Gasteiger partial charge on any atom is -0.421 e. The highest BCUT2D eigenvalue weighted by Crippen LogP contribution is 2.24. The van der Waals surface area contributed by atoms with E-state index in [0.717, 1.165) is 0 Å². The lowest BCUT2D eigenvalue weighted by molar-refractivity contribution is 0.508. The van der Waals surface area contributed by atoms with Gasteiger partial charge in [0, 0.05) is 10.9 Å². The molecule has 0 aliphatic rings. The lowest BCUT2D eigenvalue weighted by Crippen LogP contribution is -1.84. The monoisotopic (exact) mass is 270 g/mol. The topological polar surface area (TPSA) is 38.9 Å². The second-order valence-electron chi connectivity index (χ2n) is 2.98. The second-order valence-corrected chi connectivity index (χ2v) is 3.89. The highest BCUT2D eigenvalue weighted by Gasteiger charge is 2.12. The van der Waals surface area contributed by atoms with Crippen LogP contribution in [0.25, 0.3) is 11.5 Å². The highest BCUT2D eigenvalue weighted by atomic mass is 79.9. The van der Waals surface area contributed by atoms with Gasteiger partial charge in [0.05, 0.1) is 5.56 Å². The van der Waals surface area contributed by atoms with Crippen LogP contribution in [0.1, 0.15) is 12.8 Å². The fourth-order valence-electron chi connectivity index (χ4n) is 1.17. The molecule has 0 bridgehead atoms. The molecular formula is C10H8BrFN2O. The molecule has 0 amide bonds. The van der Waals surface area contributed by atoms with Crippen LogP contribution in [0, 0.1) is 5.82 Å². The second kappa shape index (κ2) is 4.10. The standard InChI is InChI=1S/C10H8BrFN2O/c1-2-9-13-14-10(15-9)7-4-3-6(11)5-8(7)12/h3-5H,2H2,1H3. The van der Waals surface area contributed by atoms with Gasteiger partial charge in [-0.25, -0.2) is 4.39 Å². The Labute approximate surface area is 94.5 Å². The first-order valence-corrected chi connectivity index (χ1v) is 5.28. The number of aromatic nitrogens is 2. The third kappa shape index (κ3) is 2.07. The summed E-state index contributed by atoms with van der Waals surface area (Å²) in [6.45, 7) is 1.90. The molecule has 0 atom stereocenters. The van der Waals surface area contributed by atoms with Crippen LogP contribution in [0.2, 0.25) is 0 Å². The number of aryl methyl sites for hydroxylation is 1. The number of hydrogen-bond acceptors (Lipinski definition) is 3. The van der Waals surface area contributed by atoms with E-state index in [4.69, 9.17) is 4.42 Å². The van der Waals surface area contributed by atoms with Gasteiger partial charge in [0.15, 0.2) is 0 Å². The average Bonchev–Trinajstić information content (AvgIpc) is 2.66. The van der Waals surface area contributed by atoms with Gasteiger partial charge in [-0.3, -0.25) is 0 Å². The smallest absolute Gasteiger partial charge is 0.250 e. The van der Waals surface area contributed by atoms with Crippen molar-refractivity contribution in [3.8, 4) is 11.5 Å². The van der Waals surface area contributed by atoms with Crippen molar-refractivity contribution in [1.82, 2.24) is 10.2 Å². The van der Waals surface area contributed by atoms with E-state index in [1.54, 1.807) is 12.1 Å². The van der Waals surface area contributed by atoms with E-state index >= 15 is 0 Å². The van der Waals surface area contributed by atoms with E-state index in [1.807, 2.05) is 6.92 Å². The Bertz CT molecular complexity index is 484. The van der Waals surface area contributed by atoms with Crippen LogP contribution in [0.4, 0.5) is 4.39 Å². The normalized spacial score (nSPS) is 10.6. The molecule has 0 N–H and O–H groups in total. The first-order chi connectivity index (χ1) is 7.20. The number of hydrogen-bond donors (Lipinski definition) is 0. The largest absolute Gasteiger partial charge is 0.421 e. The number of benzene rings is 1. The Morgan fingerprint density at radius 1 is 1.40 bits per heavy atom. The van der Waals surface area contributed by atoms with Crippen molar-refractivity contribution in [3.63, 3.8) is 0 Å². The zero-order valence-electron chi connectivity index (χ0n) is 8.00. The molecule has 0 radical (unpaired) electrons. The van der Waals surface area contributed by atoms with Crippen molar-refractivity contribution < 1.29 is 8.81 Å². The fraction of sp³-hybridized carbons (Fsp3) is 0.200. The molecule has 0 spiro atoms. The van der Waals surface area contributed by atoms with E-state index in [-0.39, 0.29) is 11.7 Å². The Hall–Kier alpha value is -1.23. The lowest BCUT2D eigenvalue weighted by atomic mass is 10.2. The fourth-order valence-corrected chi connectivity index (χ4v) is 1.50. The minimum atomic E-state index is -0.379. The molecule has 0 unspecified atom stereocenters. The summed E-state index contributed by atoms with van der Waals surface area (Å²) in [6.07, 6.45) is 0.644. The summed E-state index contributed by atoms with van der Waals surface area (Å²) in [4.78, 5) is 0. The van der Waals surface area contributed by atoms with Crippen molar-refractivity contribution in [2.24, 2.45) is 0 Å². The lowest BCUT2D eigenvalue weighted by Gasteiger charge is -1.97. The van der Waals surface area contributed by atoms with Gasteiger partial charge in [-0.1, -0.05) is 22.9 Å². The third-order valence-electron chi connectivity index (χ3n) is 1.93. The maximum absolute atomic E-state index is 13.5. The van der Waals surface area contributed by atoms with Gasteiger partial charge in [-0.2, -0.15) is 0 Å². The van der Waals surface area contributed by atoms with Gasteiger partial charge in [-0.05, 0) is 18.2 Å². The molecular weight excluding hydrogens is 263 g/mol. The molecule has 0 saturated carbocycles. The van der Waals surface area contributed by atoms with Gasteiger partial charge in [0.2, 0.25) is 5.89 Å². The van der Waals surface area contributed by atoms with Crippen LogP contribution in [0.5, 0.6) is 0 Å². The Morgan fingerprint density at radius 2 is 2.20 bits per heavy atom. The summed E-state index contributed by atoms with van der Waals surface area (Å²) < 4.78 is 19.4. The molecule has 0 aliphatic carbocycles. The van der Waals surface area contributed by atoms with E-state index in [2.05, 4.69) is 26.1 Å². The summed E-state index contributed by atoms with van der Waals surface area (Å²) >= 11 is 3.18. The summed E-state index contributed by atoms with van der Waals surface area (Å²) in [5.41, 5.74) is 0.324. The zero-order chi connectivity index (χ0) is 10.8. The SMILES string of the molecule is CCc1nnc(-c2ccc(Br)cc2F)o1. The van der Waals surface area contributed by atoms with Crippen molar-refractivity contribution in [1.29, 1.82) is 0 Å². The summed E-state index contributed by atoms with van der Waals surface area (Å²) in [7, 11) is 0. The molecule has 2 aromatic rings. The van der Waals surface area contributed by atoms with Crippen molar-refractivity contribution in [2.45, 2.75) is 13.3 Å². The maximum Gasteiger partial charge on any atom is 0.250 e.